The monoisotopic (exact) mass is 373 g/mol. The molecule has 3 N–H and O–H groups in total. The molecule has 0 saturated heterocycles. The van der Waals surface area contributed by atoms with Crippen molar-refractivity contribution >= 4 is 28.4 Å². The van der Waals surface area contributed by atoms with Gasteiger partial charge in [-0.2, -0.15) is 13.2 Å². The van der Waals surface area contributed by atoms with E-state index >= 15 is 0 Å². The second kappa shape index (κ2) is 6.64. The minimum Gasteiger partial charge on any atom is -0.366 e. The zero-order valence-corrected chi connectivity index (χ0v) is 13.9. The van der Waals surface area contributed by atoms with Crippen molar-refractivity contribution in [2.75, 3.05) is 5.32 Å². The number of alkyl halides is 3. The molecule has 0 spiro atoms. The van der Waals surface area contributed by atoms with Crippen LogP contribution in [0.25, 0.3) is 16.6 Å². The average molecular weight is 373 g/mol. The van der Waals surface area contributed by atoms with Crippen LogP contribution in [0.2, 0.25) is 0 Å². The van der Waals surface area contributed by atoms with E-state index in [1.165, 1.54) is 18.3 Å². The largest absolute Gasteiger partial charge is 0.416 e. The summed E-state index contributed by atoms with van der Waals surface area (Å²) in [6, 6.07) is 9.35. The topological polar surface area (TPSA) is 77.1 Å². The number of nitrogens with two attached hydrogens (primary N) is 1. The third-order valence-electron chi connectivity index (χ3n) is 4.00. The first kappa shape index (κ1) is 18.2. The Kier molecular flexibility index (Phi) is 4.49. The van der Waals surface area contributed by atoms with Crippen LogP contribution < -0.4 is 11.1 Å². The summed E-state index contributed by atoms with van der Waals surface area (Å²) >= 11 is 0. The maximum Gasteiger partial charge on any atom is 0.416 e. The predicted molar refractivity (Wildman–Crippen MR) is 95.6 cm³/mol. The van der Waals surface area contributed by atoms with Gasteiger partial charge in [-0.05, 0) is 48.5 Å². The highest BCUT2D eigenvalue weighted by Gasteiger charge is 2.30. The molecule has 27 heavy (non-hydrogen) atoms. The second-order valence-electron chi connectivity index (χ2n) is 5.75. The number of fused-ring (bicyclic) bond motifs is 1. The summed E-state index contributed by atoms with van der Waals surface area (Å²) in [7, 11) is 0. The Bertz CT molecular complexity index is 1050. The van der Waals surface area contributed by atoms with Crippen LogP contribution in [0.4, 0.5) is 18.9 Å². The van der Waals surface area contributed by atoms with Crippen LogP contribution in [-0.2, 0) is 11.0 Å². The van der Waals surface area contributed by atoms with Gasteiger partial charge in [-0.1, -0.05) is 6.58 Å². The molecule has 3 rings (SSSR count). The Morgan fingerprint density at radius 3 is 2.33 bits per heavy atom. The molecule has 0 unspecified atom stereocenters. The van der Waals surface area contributed by atoms with Gasteiger partial charge in [-0.15, -0.1) is 0 Å². The Morgan fingerprint density at radius 2 is 1.78 bits per heavy atom. The third-order valence-corrected chi connectivity index (χ3v) is 4.00. The van der Waals surface area contributed by atoms with E-state index in [1.807, 2.05) is 0 Å². The van der Waals surface area contributed by atoms with Crippen LogP contribution in [-0.4, -0.2) is 16.4 Å². The highest BCUT2D eigenvalue weighted by molar-refractivity contribution is 6.08. The molecule has 0 aliphatic carbocycles. The van der Waals surface area contributed by atoms with Crippen molar-refractivity contribution in [3.05, 3.63) is 72.4 Å². The number of anilines is 1. The van der Waals surface area contributed by atoms with Gasteiger partial charge in [0.2, 0.25) is 5.91 Å². The van der Waals surface area contributed by atoms with Gasteiger partial charge in [0.1, 0.15) is 0 Å². The van der Waals surface area contributed by atoms with E-state index in [0.29, 0.717) is 22.3 Å². The molecule has 0 aliphatic heterocycles. The number of rotatable bonds is 4. The molecule has 8 heteroatoms. The molecular formula is C19H14F3N3O2. The van der Waals surface area contributed by atoms with Crippen molar-refractivity contribution < 1.29 is 22.8 Å². The zero-order chi connectivity index (χ0) is 19.8. The molecule has 0 fully saturated rings. The van der Waals surface area contributed by atoms with E-state index < -0.39 is 23.6 Å². The van der Waals surface area contributed by atoms with E-state index in [2.05, 4.69) is 11.9 Å². The van der Waals surface area contributed by atoms with Crippen LogP contribution >= 0.6 is 0 Å². The molecule has 2 aromatic carbocycles. The molecule has 1 aromatic heterocycles. The van der Waals surface area contributed by atoms with Crippen molar-refractivity contribution in [3.8, 4) is 5.69 Å². The number of benzene rings is 2. The van der Waals surface area contributed by atoms with Gasteiger partial charge in [-0.3, -0.25) is 9.59 Å². The number of nitrogens with zero attached hydrogens (tertiary/aromatic N) is 1. The number of carbonyl (C=O) groups is 2. The van der Waals surface area contributed by atoms with Crippen LogP contribution in [0.3, 0.4) is 0 Å². The number of nitrogens with one attached hydrogen (secondary N) is 1. The summed E-state index contributed by atoms with van der Waals surface area (Å²) in [5.41, 5.74) is 6.25. The Morgan fingerprint density at radius 1 is 1.11 bits per heavy atom. The number of halogens is 3. The van der Waals surface area contributed by atoms with E-state index in [-0.39, 0.29) is 5.56 Å². The molecule has 138 valence electrons. The number of amides is 2. The molecule has 1 heterocycles. The molecule has 0 aliphatic rings. The fourth-order valence-electron chi connectivity index (χ4n) is 2.72. The lowest BCUT2D eigenvalue weighted by molar-refractivity contribution is -0.137. The molecule has 3 aromatic rings. The molecule has 0 saturated carbocycles. The number of carbonyl (C=O) groups excluding carboxylic acids is 2. The Labute approximate surface area is 151 Å². The van der Waals surface area contributed by atoms with Crippen molar-refractivity contribution in [1.82, 2.24) is 4.57 Å². The minimum absolute atomic E-state index is 0.180. The second-order valence-corrected chi connectivity index (χ2v) is 5.75. The molecule has 0 bridgehead atoms. The normalized spacial score (nSPS) is 11.4. The first-order valence-corrected chi connectivity index (χ1v) is 7.76. The van der Waals surface area contributed by atoms with Crippen LogP contribution in [0.5, 0.6) is 0 Å². The van der Waals surface area contributed by atoms with Crippen molar-refractivity contribution in [1.29, 1.82) is 0 Å². The summed E-state index contributed by atoms with van der Waals surface area (Å²) in [5.74, 6) is -1.12. The molecule has 2 amide bonds. The van der Waals surface area contributed by atoms with E-state index in [0.717, 1.165) is 18.2 Å². The van der Waals surface area contributed by atoms with Crippen molar-refractivity contribution in [3.63, 3.8) is 0 Å². The number of aromatic nitrogens is 1. The minimum atomic E-state index is -4.44. The number of hydrogen-bond acceptors (Lipinski definition) is 2. The van der Waals surface area contributed by atoms with Crippen molar-refractivity contribution in [2.45, 2.75) is 6.18 Å². The highest BCUT2D eigenvalue weighted by Crippen LogP contribution is 2.31. The van der Waals surface area contributed by atoms with Gasteiger partial charge in [0.15, 0.2) is 0 Å². The molecule has 0 radical (unpaired) electrons. The predicted octanol–water partition coefficient (Wildman–Crippen LogP) is 3.87. The van der Waals surface area contributed by atoms with Gasteiger partial charge >= 0.3 is 6.18 Å². The van der Waals surface area contributed by atoms with Gasteiger partial charge in [0.25, 0.3) is 5.91 Å². The SMILES string of the molecule is C=CC(=O)Nc1ccc2c(c1)c(C(N)=O)cn2-c1ccc(C(F)(F)F)cc1. The maximum absolute atomic E-state index is 12.8. The van der Waals surface area contributed by atoms with E-state index in [4.69, 9.17) is 5.73 Å². The van der Waals surface area contributed by atoms with Gasteiger partial charge < -0.3 is 15.6 Å². The number of primary amides is 1. The lowest BCUT2D eigenvalue weighted by Crippen LogP contribution is -2.10. The summed E-state index contributed by atoms with van der Waals surface area (Å²) in [6.07, 6.45) is -1.88. The van der Waals surface area contributed by atoms with Crippen LogP contribution in [0.15, 0.2) is 61.3 Å². The quantitative estimate of drug-likeness (QED) is 0.681. The smallest absolute Gasteiger partial charge is 0.366 e. The summed E-state index contributed by atoms with van der Waals surface area (Å²) in [4.78, 5) is 23.2. The molecular weight excluding hydrogens is 359 g/mol. The Hall–Kier alpha value is -3.55. The lowest BCUT2D eigenvalue weighted by atomic mass is 10.1. The standard InChI is InChI=1S/C19H14F3N3O2/c1-2-17(26)24-12-5-8-16-14(9-12)15(18(23)27)10-25(16)13-6-3-11(4-7-13)19(20,21)22/h2-10H,1H2,(H2,23,27)(H,24,26). The van der Waals surface area contributed by atoms with E-state index in [1.54, 1.807) is 22.8 Å². The van der Waals surface area contributed by atoms with E-state index in [9.17, 15) is 22.8 Å². The summed E-state index contributed by atoms with van der Waals surface area (Å²) in [6.45, 7) is 3.36. The van der Waals surface area contributed by atoms with Crippen LogP contribution in [0.1, 0.15) is 15.9 Å². The lowest BCUT2D eigenvalue weighted by Gasteiger charge is -2.10. The third kappa shape index (κ3) is 3.55. The zero-order valence-electron chi connectivity index (χ0n) is 13.9. The first-order chi connectivity index (χ1) is 12.7. The maximum atomic E-state index is 12.8. The first-order valence-electron chi connectivity index (χ1n) is 7.76. The fourth-order valence-corrected chi connectivity index (χ4v) is 2.72. The molecule has 5 nitrogen and oxygen atoms in total. The fraction of sp³-hybridized carbons (Fsp3) is 0.0526. The summed E-state index contributed by atoms with van der Waals surface area (Å²) in [5, 5.41) is 3.04. The van der Waals surface area contributed by atoms with Crippen LogP contribution in [0, 0.1) is 0 Å². The highest BCUT2D eigenvalue weighted by atomic mass is 19.4. The van der Waals surface area contributed by atoms with Gasteiger partial charge in [0, 0.05) is 23.0 Å². The summed E-state index contributed by atoms with van der Waals surface area (Å²) < 4.78 is 39.8. The van der Waals surface area contributed by atoms with Gasteiger partial charge in [-0.25, -0.2) is 0 Å². The Balaban J connectivity index is 2.12. The molecule has 0 atom stereocenters. The average Bonchev–Trinajstić information content (AvgIpc) is 3.00. The number of hydrogen-bond donors (Lipinski definition) is 2. The van der Waals surface area contributed by atoms with Gasteiger partial charge in [0.05, 0.1) is 16.6 Å². The van der Waals surface area contributed by atoms with Crippen molar-refractivity contribution in [2.24, 2.45) is 5.73 Å².